The average Bonchev–Trinajstić information content (AvgIpc) is 2.03. The summed E-state index contributed by atoms with van der Waals surface area (Å²) in [5, 5.41) is 8.98. The molecule has 0 amide bonds. The zero-order valence-corrected chi connectivity index (χ0v) is 6.62. The molecule has 0 aliphatic heterocycles. The summed E-state index contributed by atoms with van der Waals surface area (Å²) < 4.78 is 14.1. The molecular formula is C10H14O. The Labute approximate surface area is 70.5 Å². The number of hydrogen-bond donors (Lipinski definition) is 1. The summed E-state index contributed by atoms with van der Waals surface area (Å²) in [6.45, 7) is -0.168. The molecule has 0 fully saturated rings. The van der Waals surface area contributed by atoms with Crippen molar-refractivity contribution in [2.75, 3.05) is 6.56 Å². The van der Waals surface area contributed by atoms with Gasteiger partial charge in [-0.2, -0.15) is 0 Å². The van der Waals surface area contributed by atoms with Gasteiger partial charge in [0.2, 0.25) is 0 Å². The number of rotatable bonds is 3. The molecular weight excluding hydrogens is 136 g/mol. The highest BCUT2D eigenvalue weighted by atomic mass is 16.3. The number of benzene rings is 1. The van der Waals surface area contributed by atoms with E-state index >= 15 is 0 Å². The molecule has 0 unspecified atom stereocenters. The standard InChI is InChI=1S/C10H14O/c1-9(7-8-11)10-5-3-2-4-6-10/h2-6,9,11H,7-8H2,1H3/t9-/m0/s1/i8D2. The van der Waals surface area contributed by atoms with Gasteiger partial charge in [-0.05, 0) is 17.9 Å². The Kier molecular flexibility index (Phi) is 2.18. The van der Waals surface area contributed by atoms with E-state index in [1.807, 2.05) is 37.3 Å². The maximum Gasteiger partial charge on any atom is 0.0564 e. The van der Waals surface area contributed by atoms with Crippen LogP contribution in [0.15, 0.2) is 30.3 Å². The lowest BCUT2D eigenvalue weighted by atomic mass is 9.99. The van der Waals surface area contributed by atoms with E-state index in [0.29, 0.717) is 0 Å². The number of aliphatic hydroxyl groups is 1. The molecule has 0 heterocycles. The van der Waals surface area contributed by atoms with Crippen molar-refractivity contribution in [1.82, 2.24) is 0 Å². The predicted molar refractivity (Wildman–Crippen MR) is 46.6 cm³/mol. The van der Waals surface area contributed by atoms with Gasteiger partial charge in [0, 0.05) is 6.56 Å². The van der Waals surface area contributed by atoms with E-state index in [-0.39, 0.29) is 12.3 Å². The van der Waals surface area contributed by atoms with Gasteiger partial charge in [0.05, 0.1) is 2.74 Å². The number of hydrogen-bond acceptors (Lipinski definition) is 1. The average molecular weight is 152 g/mol. The molecule has 0 aliphatic carbocycles. The molecule has 1 atom stereocenters. The second kappa shape index (κ2) is 4.14. The molecule has 1 aromatic rings. The minimum atomic E-state index is -2.07. The van der Waals surface area contributed by atoms with Crippen LogP contribution < -0.4 is 0 Å². The van der Waals surface area contributed by atoms with Crippen LogP contribution in [0.25, 0.3) is 0 Å². The van der Waals surface area contributed by atoms with Crippen LogP contribution in [-0.4, -0.2) is 11.7 Å². The summed E-state index contributed by atoms with van der Waals surface area (Å²) >= 11 is 0. The van der Waals surface area contributed by atoms with Gasteiger partial charge in [0.15, 0.2) is 0 Å². The van der Waals surface area contributed by atoms with Crippen molar-refractivity contribution >= 4 is 0 Å². The second-order valence-corrected chi connectivity index (χ2v) is 2.67. The van der Waals surface area contributed by atoms with Crippen LogP contribution in [0.4, 0.5) is 0 Å². The highest BCUT2D eigenvalue weighted by Crippen LogP contribution is 2.17. The summed E-state index contributed by atoms with van der Waals surface area (Å²) in [5.41, 5.74) is 1.06. The van der Waals surface area contributed by atoms with Gasteiger partial charge in [-0.1, -0.05) is 37.3 Å². The molecule has 0 aromatic heterocycles. The third-order valence-electron chi connectivity index (χ3n) is 1.77. The minimum Gasteiger partial charge on any atom is -0.396 e. The molecule has 0 radical (unpaired) electrons. The Morgan fingerprint density at radius 2 is 2.09 bits per heavy atom. The van der Waals surface area contributed by atoms with E-state index < -0.39 is 6.56 Å². The van der Waals surface area contributed by atoms with Crippen LogP contribution in [0, 0.1) is 0 Å². The molecule has 0 saturated heterocycles. The predicted octanol–water partition coefficient (Wildman–Crippen LogP) is 2.17. The Morgan fingerprint density at radius 3 is 2.64 bits per heavy atom. The van der Waals surface area contributed by atoms with Crippen LogP contribution >= 0.6 is 0 Å². The third kappa shape index (κ3) is 2.35. The zero-order chi connectivity index (χ0) is 9.90. The molecule has 0 saturated carbocycles. The first kappa shape index (κ1) is 5.78. The summed E-state index contributed by atoms with van der Waals surface area (Å²) in [5.74, 6) is 0.0428. The van der Waals surface area contributed by atoms with E-state index in [1.165, 1.54) is 0 Å². The fourth-order valence-corrected chi connectivity index (χ4v) is 1.04. The topological polar surface area (TPSA) is 20.2 Å². The van der Waals surface area contributed by atoms with Gasteiger partial charge in [-0.15, -0.1) is 0 Å². The van der Waals surface area contributed by atoms with Crippen molar-refractivity contribution in [3.8, 4) is 0 Å². The van der Waals surface area contributed by atoms with Gasteiger partial charge in [0.25, 0.3) is 0 Å². The van der Waals surface area contributed by atoms with Crippen molar-refractivity contribution in [3.63, 3.8) is 0 Å². The normalized spacial score (nSPS) is 16.9. The Balaban J connectivity index is 2.64. The van der Waals surface area contributed by atoms with E-state index in [0.717, 1.165) is 5.56 Å². The highest BCUT2D eigenvalue weighted by Gasteiger charge is 2.01. The first-order valence-corrected chi connectivity index (χ1v) is 3.76. The quantitative estimate of drug-likeness (QED) is 0.703. The van der Waals surface area contributed by atoms with Gasteiger partial charge in [-0.3, -0.25) is 0 Å². The van der Waals surface area contributed by atoms with Crippen molar-refractivity contribution in [2.45, 2.75) is 19.3 Å². The van der Waals surface area contributed by atoms with E-state index in [1.54, 1.807) is 0 Å². The fourth-order valence-electron chi connectivity index (χ4n) is 1.04. The lowest BCUT2D eigenvalue weighted by Crippen LogP contribution is -1.95. The minimum absolute atomic E-state index is 0.0428. The van der Waals surface area contributed by atoms with Crippen LogP contribution in [0.3, 0.4) is 0 Å². The summed E-state index contributed by atoms with van der Waals surface area (Å²) in [4.78, 5) is 0. The van der Waals surface area contributed by atoms with Crippen molar-refractivity contribution in [1.29, 1.82) is 0 Å². The molecule has 60 valence electrons. The van der Waals surface area contributed by atoms with Gasteiger partial charge in [-0.25, -0.2) is 0 Å². The molecule has 0 bridgehead atoms. The molecule has 0 spiro atoms. The lowest BCUT2D eigenvalue weighted by molar-refractivity contribution is 0.278. The Bertz CT molecular complexity index is 253. The largest absolute Gasteiger partial charge is 0.396 e. The maximum absolute atomic E-state index is 8.98. The van der Waals surface area contributed by atoms with Crippen LogP contribution in [-0.2, 0) is 0 Å². The van der Waals surface area contributed by atoms with Gasteiger partial charge < -0.3 is 5.11 Å². The molecule has 0 aliphatic rings. The van der Waals surface area contributed by atoms with Crippen molar-refractivity contribution in [2.24, 2.45) is 0 Å². The Hall–Kier alpha value is -0.820. The highest BCUT2D eigenvalue weighted by molar-refractivity contribution is 5.18. The molecule has 1 heteroatoms. The SMILES string of the molecule is [2H]C([2H])(O)C[C@H](C)c1ccccc1. The van der Waals surface area contributed by atoms with Crippen LogP contribution in [0.2, 0.25) is 0 Å². The van der Waals surface area contributed by atoms with Crippen LogP contribution in [0.1, 0.15) is 27.6 Å². The van der Waals surface area contributed by atoms with Crippen molar-refractivity contribution in [3.05, 3.63) is 35.9 Å². The van der Waals surface area contributed by atoms with E-state index in [2.05, 4.69) is 0 Å². The zero-order valence-electron chi connectivity index (χ0n) is 8.62. The molecule has 1 rings (SSSR count). The summed E-state index contributed by atoms with van der Waals surface area (Å²) in [7, 11) is 0. The Morgan fingerprint density at radius 1 is 1.45 bits per heavy atom. The lowest BCUT2D eigenvalue weighted by Gasteiger charge is -2.08. The van der Waals surface area contributed by atoms with Gasteiger partial charge >= 0.3 is 0 Å². The molecule has 1 N–H and O–H groups in total. The van der Waals surface area contributed by atoms with E-state index in [4.69, 9.17) is 7.85 Å². The fraction of sp³-hybridized carbons (Fsp3) is 0.400. The first-order chi connectivity index (χ1) is 5.99. The summed E-state index contributed by atoms with van der Waals surface area (Å²) in [6.07, 6.45) is 0.136. The summed E-state index contributed by atoms with van der Waals surface area (Å²) in [6, 6.07) is 9.63. The maximum atomic E-state index is 8.98. The third-order valence-corrected chi connectivity index (χ3v) is 1.77. The van der Waals surface area contributed by atoms with Crippen LogP contribution in [0.5, 0.6) is 0 Å². The van der Waals surface area contributed by atoms with Crippen molar-refractivity contribution < 1.29 is 7.85 Å². The van der Waals surface area contributed by atoms with Gasteiger partial charge in [0.1, 0.15) is 0 Å². The second-order valence-electron chi connectivity index (χ2n) is 2.67. The first-order valence-electron chi connectivity index (χ1n) is 4.76. The van der Waals surface area contributed by atoms with E-state index in [9.17, 15) is 0 Å². The smallest absolute Gasteiger partial charge is 0.0564 e. The molecule has 1 aromatic carbocycles. The molecule has 1 nitrogen and oxygen atoms in total. The monoisotopic (exact) mass is 152 g/mol. The molecule has 11 heavy (non-hydrogen) atoms.